The van der Waals surface area contributed by atoms with E-state index >= 15 is 0 Å². The van der Waals surface area contributed by atoms with Gasteiger partial charge in [0.1, 0.15) is 11.6 Å². The first-order valence-electron chi connectivity index (χ1n) is 5.69. The molecule has 92 valence electrons. The van der Waals surface area contributed by atoms with Gasteiger partial charge in [-0.3, -0.25) is 5.10 Å². The highest BCUT2D eigenvalue weighted by molar-refractivity contribution is 5.77. The molecule has 18 heavy (non-hydrogen) atoms. The number of nitrogens with one attached hydrogen (secondary N) is 2. The molecule has 0 unspecified atom stereocenters. The zero-order chi connectivity index (χ0) is 12.7. The Morgan fingerprint density at radius 1 is 1.17 bits per heavy atom. The fraction of sp³-hybridized carbons (Fsp3) is 0.250. The van der Waals surface area contributed by atoms with Crippen LogP contribution in [0.5, 0.6) is 0 Å². The smallest absolute Gasteiger partial charge is 0.180 e. The SMILES string of the molecule is Cc1[nH]ncc1-c1nc2nc(N(C)C)ccc2[nH]1. The minimum absolute atomic E-state index is 0.719. The van der Waals surface area contributed by atoms with E-state index in [1.807, 2.05) is 38.1 Å². The second-order valence-electron chi connectivity index (χ2n) is 4.43. The summed E-state index contributed by atoms with van der Waals surface area (Å²) in [4.78, 5) is 14.2. The Morgan fingerprint density at radius 2 is 2.00 bits per heavy atom. The second kappa shape index (κ2) is 3.83. The molecule has 0 aromatic carbocycles. The number of H-pyrrole nitrogens is 2. The highest BCUT2D eigenvalue weighted by Gasteiger charge is 2.10. The van der Waals surface area contributed by atoms with Crippen LogP contribution in [0, 0.1) is 6.92 Å². The molecule has 0 aliphatic carbocycles. The topological polar surface area (TPSA) is 73.5 Å². The number of rotatable bonds is 2. The molecule has 0 spiro atoms. The molecule has 3 aromatic heterocycles. The molecule has 0 saturated heterocycles. The molecular weight excluding hydrogens is 228 g/mol. The number of imidazole rings is 1. The molecule has 0 radical (unpaired) electrons. The van der Waals surface area contributed by atoms with Crippen LogP contribution < -0.4 is 4.90 Å². The lowest BCUT2D eigenvalue weighted by Crippen LogP contribution is -2.10. The van der Waals surface area contributed by atoms with Crippen LogP contribution in [0.1, 0.15) is 5.69 Å². The van der Waals surface area contributed by atoms with Crippen molar-refractivity contribution in [3.8, 4) is 11.4 Å². The van der Waals surface area contributed by atoms with E-state index in [1.165, 1.54) is 0 Å². The maximum Gasteiger partial charge on any atom is 0.180 e. The Hall–Kier alpha value is -2.37. The van der Waals surface area contributed by atoms with E-state index in [2.05, 4.69) is 25.1 Å². The minimum Gasteiger partial charge on any atom is -0.363 e. The maximum atomic E-state index is 4.51. The van der Waals surface area contributed by atoms with E-state index < -0.39 is 0 Å². The molecule has 0 amide bonds. The van der Waals surface area contributed by atoms with Gasteiger partial charge in [-0.15, -0.1) is 0 Å². The molecule has 3 aromatic rings. The third kappa shape index (κ3) is 1.62. The summed E-state index contributed by atoms with van der Waals surface area (Å²) in [6.07, 6.45) is 1.76. The standard InChI is InChI=1S/C12H14N6/c1-7-8(6-13-17-7)11-14-9-4-5-10(18(2)3)15-12(9)16-11/h4-6H,1-3H3,(H,13,17)(H,14,15,16). The van der Waals surface area contributed by atoms with Crippen LogP contribution in [0.4, 0.5) is 5.82 Å². The van der Waals surface area contributed by atoms with E-state index in [0.717, 1.165) is 34.1 Å². The van der Waals surface area contributed by atoms with Crippen LogP contribution in [0.3, 0.4) is 0 Å². The van der Waals surface area contributed by atoms with Crippen molar-refractivity contribution in [1.82, 2.24) is 25.1 Å². The molecule has 2 N–H and O–H groups in total. The van der Waals surface area contributed by atoms with Gasteiger partial charge in [0, 0.05) is 19.8 Å². The average molecular weight is 242 g/mol. The van der Waals surface area contributed by atoms with Crippen molar-refractivity contribution in [2.45, 2.75) is 6.92 Å². The molecule has 6 nitrogen and oxygen atoms in total. The van der Waals surface area contributed by atoms with Crippen molar-refractivity contribution < 1.29 is 0 Å². The van der Waals surface area contributed by atoms with Gasteiger partial charge >= 0.3 is 0 Å². The summed E-state index contributed by atoms with van der Waals surface area (Å²) in [5, 5.41) is 6.90. The monoisotopic (exact) mass is 242 g/mol. The molecule has 3 rings (SSSR count). The molecule has 0 fully saturated rings. The predicted octanol–water partition coefficient (Wildman–Crippen LogP) is 1.72. The summed E-state index contributed by atoms with van der Waals surface area (Å²) in [7, 11) is 3.92. The van der Waals surface area contributed by atoms with Crippen LogP contribution >= 0.6 is 0 Å². The molecule has 0 aliphatic rings. The van der Waals surface area contributed by atoms with Gasteiger partial charge in [0.2, 0.25) is 0 Å². The predicted molar refractivity (Wildman–Crippen MR) is 70.5 cm³/mol. The molecular formula is C12H14N6. The van der Waals surface area contributed by atoms with Gasteiger partial charge in [-0.05, 0) is 19.1 Å². The third-order valence-corrected chi connectivity index (χ3v) is 2.87. The fourth-order valence-corrected chi connectivity index (χ4v) is 1.85. The number of hydrogen-bond donors (Lipinski definition) is 2. The number of aromatic nitrogens is 5. The molecule has 0 aliphatic heterocycles. The highest BCUT2D eigenvalue weighted by atomic mass is 15.2. The quantitative estimate of drug-likeness (QED) is 0.717. The Balaban J connectivity index is 2.14. The van der Waals surface area contributed by atoms with Gasteiger partial charge in [0.05, 0.1) is 17.3 Å². The lowest BCUT2D eigenvalue weighted by Gasteiger charge is -2.09. The van der Waals surface area contributed by atoms with Gasteiger partial charge in [-0.1, -0.05) is 0 Å². The van der Waals surface area contributed by atoms with Gasteiger partial charge in [0.25, 0.3) is 0 Å². The summed E-state index contributed by atoms with van der Waals surface area (Å²) >= 11 is 0. The minimum atomic E-state index is 0.719. The van der Waals surface area contributed by atoms with E-state index in [4.69, 9.17) is 0 Å². The van der Waals surface area contributed by atoms with E-state index in [9.17, 15) is 0 Å². The van der Waals surface area contributed by atoms with Crippen LogP contribution in [0.2, 0.25) is 0 Å². The van der Waals surface area contributed by atoms with Crippen LogP contribution in [0.15, 0.2) is 18.3 Å². The highest BCUT2D eigenvalue weighted by Crippen LogP contribution is 2.22. The van der Waals surface area contributed by atoms with E-state index in [1.54, 1.807) is 6.20 Å². The summed E-state index contributed by atoms with van der Waals surface area (Å²) in [6.45, 7) is 1.97. The molecule has 0 bridgehead atoms. The summed E-state index contributed by atoms with van der Waals surface area (Å²) < 4.78 is 0. The van der Waals surface area contributed by atoms with Gasteiger partial charge in [-0.25, -0.2) is 9.97 Å². The largest absolute Gasteiger partial charge is 0.363 e. The van der Waals surface area contributed by atoms with Gasteiger partial charge in [0.15, 0.2) is 5.65 Å². The number of nitrogens with zero attached hydrogens (tertiary/aromatic N) is 4. The number of pyridine rings is 1. The first kappa shape index (κ1) is 10.8. The number of aryl methyl sites for hydroxylation is 1. The zero-order valence-electron chi connectivity index (χ0n) is 10.5. The fourth-order valence-electron chi connectivity index (χ4n) is 1.85. The summed E-state index contributed by atoms with van der Waals surface area (Å²) in [5.41, 5.74) is 3.61. The van der Waals surface area contributed by atoms with Crippen molar-refractivity contribution in [2.75, 3.05) is 19.0 Å². The maximum absolute atomic E-state index is 4.51. The Labute approximate surface area is 104 Å². The lowest BCUT2D eigenvalue weighted by atomic mass is 10.2. The summed E-state index contributed by atoms with van der Waals surface area (Å²) in [6, 6.07) is 3.95. The normalized spacial score (nSPS) is 11.1. The van der Waals surface area contributed by atoms with Crippen molar-refractivity contribution in [1.29, 1.82) is 0 Å². The number of aromatic amines is 2. The Kier molecular flexibility index (Phi) is 2.29. The van der Waals surface area contributed by atoms with Crippen molar-refractivity contribution in [3.63, 3.8) is 0 Å². The van der Waals surface area contributed by atoms with Gasteiger partial charge in [-0.2, -0.15) is 5.10 Å². The third-order valence-electron chi connectivity index (χ3n) is 2.87. The Bertz CT molecular complexity index is 693. The summed E-state index contributed by atoms with van der Waals surface area (Å²) in [5.74, 6) is 1.68. The average Bonchev–Trinajstić information content (AvgIpc) is 2.92. The molecule has 0 saturated carbocycles. The number of anilines is 1. The molecule has 6 heteroatoms. The second-order valence-corrected chi connectivity index (χ2v) is 4.43. The zero-order valence-corrected chi connectivity index (χ0v) is 10.5. The number of hydrogen-bond acceptors (Lipinski definition) is 4. The van der Waals surface area contributed by atoms with Crippen molar-refractivity contribution in [3.05, 3.63) is 24.0 Å². The number of fused-ring (bicyclic) bond motifs is 1. The van der Waals surface area contributed by atoms with Crippen LogP contribution in [-0.2, 0) is 0 Å². The van der Waals surface area contributed by atoms with E-state index in [-0.39, 0.29) is 0 Å². The molecule has 3 heterocycles. The molecule has 0 atom stereocenters. The Morgan fingerprint density at radius 3 is 2.67 bits per heavy atom. The van der Waals surface area contributed by atoms with Crippen LogP contribution in [-0.4, -0.2) is 39.2 Å². The lowest BCUT2D eigenvalue weighted by molar-refractivity contribution is 1.05. The van der Waals surface area contributed by atoms with Gasteiger partial charge < -0.3 is 9.88 Å². The van der Waals surface area contributed by atoms with Crippen molar-refractivity contribution >= 4 is 17.0 Å². The first-order chi connectivity index (χ1) is 8.65. The van der Waals surface area contributed by atoms with Crippen molar-refractivity contribution in [2.24, 2.45) is 0 Å². The van der Waals surface area contributed by atoms with E-state index in [0.29, 0.717) is 0 Å². The van der Waals surface area contributed by atoms with Crippen LogP contribution in [0.25, 0.3) is 22.6 Å². The first-order valence-corrected chi connectivity index (χ1v) is 5.69.